The normalized spacial score (nSPS) is 11.6. The van der Waals surface area contributed by atoms with Gasteiger partial charge < -0.3 is 20.5 Å². The second-order valence-corrected chi connectivity index (χ2v) is 23.8. The highest BCUT2D eigenvalue weighted by molar-refractivity contribution is 9.10. The maximum absolute atomic E-state index is 12.1. The molecule has 462 valence electrons. The molecule has 3 N–H and O–H groups in total. The van der Waals surface area contributed by atoms with Crippen LogP contribution < -0.4 is 25.4 Å². The molecule has 0 spiro atoms. The fourth-order valence-corrected chi connectivity index (χ4v) is 11.8. The maximum Gasteiger partial charge on any atom is 0.236 e. The van der Waals surface area contributed by atoms with Gasteiger partial charge in [-0.15, -0.1) is 0 Å². The summed E-state index contributed by atoms with van der Waals surface area (Å²) in [6.45, 7) is 0. The highest BCUT2D eigenvalue weighted by atomic mass is 79.9. The minimum atomic E-state index is -0.268. The standard InChI is InChI=1S/C30H20N4O.C18H12BrN3.C14H11BrO.C12H9NO.C4H4BrN3/c1-3-11-21(12-4-1)28-29(22-13-5-2-6-14-22)33-20-19-27(31-30(33)32-28)34-23-15-7-9-17-25(23)35-26-18-10-8-16-24(26)34;19-15-11-12-22-17(14-9-5-2-6-10-14)16(21-18(22)20-15)13-7-3-1-4-8-13;15-13(11-7-3-1-4-8-11)14(16)12-9-5-2-6-10-12;1-3-7-11-9(5-1)13-10-6-2-4-8-12(10)14-11;5-3-1-2-7-4(6)8-3/h1-20H;1-12H;1-10,13H;1-8,13H;1-2H,(H2,6,7,8). The number of alkyl halides is 1. The van der Waals surface area contributed by atoms with Crippen molar-refractivity contribution in [3.8, 4) is 68.0 Å². The molecular weight excluding hydrogens is 1380 g/mol. The number of imidazole rings is 2. The van der Waals surface area contributed by atoms with Crippen molar-refractivity contribution in [3.05, 3.63) is 336 Å². The lowest BCUT2D eigenvalue weighted by Crippen LogP contribution is -2.17. The molecule has 17 rings (SSSR count). The Labute approximate surface area is 573 Å². The zero-order valence-corrected chi connectivity index (χ0v) is 55.3. The minimum absolute atomic E-state index is 0.0896. The number of hydrogen-bond donors (Lipinski definition) is 2. The summed E-state index contributed by atoms with van der Waals surface area (Å²) in [6, 6.07) is 97.7. The van der Waals surface area contributed by atoms with Crippen LogP contribution in [-0.2, 0) is 0 Å². The monoisotopic (exact) mass is 1430 g/mol. The average molecular weight is 1440 g/mol. The van der Waals surface area contributed by atoms with Gasteiger partial charge in [0.2, 0.25) is 17.5 Å². The molecule has 0 saturated heterocycles. The van der Waals surface area contributed by atoms with Crippen LogP contribution in [0.25, 0.3) is 56.6 Å². The Bertz CT molecular complexity index is 4940. The number of nitrogen functional groups attached to an aromatic ring is 1. The first-order chi connectivity index (χ1) is 46.7. The molecule has 15 aromatic rings. The van der Waals surface area contributed by atoms with Crippen LogP contribution in [0.2, 0.25) is 0 Å². The number of ether oxygens (including phenoxy) is 2. The number of aromatic nitrogens is 8. The van der Waals surface area contributed by atoms with Crippen molar-refractivity contribution in [3.63, 3.8) is 0 Å². The summed E-state index contributed by atoms with van der Waals surface area (Å²) in [5.74, 6) is 5.85. The van der Waals surface area contributed by atoms with E-state index in [-0.39, 0.29) is 10.6 Å². The van der Waals surface area contributed by atoms with Crippen molar-refractivity contribution in [1.29, 1.82) is 0 Å². The molecule has 17 heteroatoms. The van der Waals surface area contributed by atoms with Crippen LogP contribution in [0.4, 0.5) is 34.5 Å². The van der Waals surface area contributed by atoms with Crippen molar-refractivity contribution >= 4 is 99.6 Å². The van der Waals surface area contributed by atoms with Gasteiger partial charge in [0.25, 0.3) is 0 Å². The number of fused-ring (bicyclic) bond motifs is 6. The first-order valence-corrected chi connectivity index (χ1v) is 32.7. The molecule has 5 aromatic heterocycles. The third-order valence-electron chi connectivity index (χ3n) is 15.1. The number of carbonyl (C=O) groups is 1. The fraction of sp³-hybridized carbons (Fsp3) is 0.0128. The first-order valence-electron chi connectivity index (χ1n) is 30.2. The Balaban J connectivity index is 0.000000117. The Kier molecular flexibility index (Phi) is 19.4. The summed E-state index contributed by atoms with van der Waals surface area (Å²) < 4.78 is 17.5. The van der Waals surface area contributed by atoms with Gasteiger partial charge in [0.15, 0.2) is 28.8 Å². The van der Waals surface area contributed by atoms with Crippen LogP contribution in [0.1, 0.15) is 20.7 Å². The number of benzene rings is 10. The lowest BCUT2D eigenvalue weighted by atomic mass is 10.0. The van der Waals surface area contributed by atoms with E-state index >= 15 is 0 Å². The number of halogens is 3. The van der Waals surface area contributed by atoms with E-state index in [4.69, 9.17) is 30.2 Å². The molecule has 0 saturated carbocycles. The number of anilines is 6. The van der Waals surface area contributed by atoms with Crippen molar-refractivity contribution < 1.29 is 14.3 Å². The zero-order valence-electron chi connectivity index (χ0n) is 50.6. The van der Waals surface area contributed by atoms with E-state index in [1.165, 1.54) is 0 Å². The van der Waals surface area contributed by atoms with Crippen LogP contribution in [0, 0.1) is 0 Å². The smallest absolute Gasteiger partial charge is 0.236 e. The van der Waals surface area contributed by atoms with Gasteiger partial charge >= 0.3 is 0 Å². The topological polar surface area (TPSA) is 163 Å². The number of nitrogens with zero attached hydrogens (tertiary/aromatic N) is 9. The van der Waals surface area contributed by atoms with Gasteiger partial charge in [-0.25, -0.2) is 24.9 Å². The summed E-state index contributed by atoms with van der Waals surface area (Å²) in [4.78, 5) is 40.7. The van der Waals surface area contributed by atoms with Crippen molar-refractivity contribution in [2.24, 2.45) is 0 Å². The van der Waals surface area contributed by atoms with Gasteiger partial charge in [0.1, 0.15) is 19.9 Å². The highest BCUT2D eigenvalue weighted by Crippen LogP contribution is 2.50. The predicted molar refractivity (Wildman–Crippen MR) is 389 cm³/mol. The second-order valence-electron chi connectivity index (χ2n) is 21.3. The summed E-state index contributed by atoms with van der Waals surface area (Å²) in [7, 11) is 0. The van der Waals surface area contributed by atoms with E-state index in [0.29, 0.717) is 22.1 Å². The van der Waals surface area contributed by atoms with Crippen LogP contribution in [0.3, 0.4) is 0 Å². The van der Waals surface area contributed by atoms with Crippen LogP contribution in [0.15, 0.2) is 325 Å². The number of nitrogens with two attached hydrogens (primary N) is 1. The molecule has 95 heavy (non-hydrogen) atoms. The Morgan fingerprint density at radius 3 is 1.29 bits per heavy atom. The third-order valence-corrected chi connectivity index (χ3v) is 16.9. The van der Waals surface area contributed by atoms with Crippen molar-refractivity contribution in [2.45, 2.75) is 4.83 Å². The van der Waals surface area contributed by atoms with Crippen LogP contribution in [0.5, 0.6) is 23.0 Å². The summed E-state index contributed by atoms with van der Waals surface area (Å²) >= 11 is 9.98. The number of Topliss-reactive ketones (excluding diaryl/α,β-unsaturated/α-hetero) is 1. The quantitative estimate of drug-likeness (QED) is 0.0842. The van der Waals surface area contributed by atoms with Gasteiger partial charge in [-0.3, -0.25) is 18.5 Å². The molecule has 1 unspecified atom stereocenters. The van der Waals surface area contributed by atoms with Gasteiger partial charge in [-0.2, -0.15) is 4.98 Å². The fourth-order valence-electron chi connectivity index (χ4n) is 10.7. The molecule has 0 fully saturated rings. The number of carbonyl (C=O) groups excluding carboxylic acids is 1. The summed E-state index contributed by atoms with van der Waals surface area (Å²) in [5, 5.41) is 3.32. The number of para-hydroxylation sites is 8. The van der Waals surface area contributed by atoms with E-state index < -0.39 is 0 Å². The Hall–Kier alpha value is -11.4. The lowest BCUT2D eigenvalue weighted by Gasteiger charge is -2.31. The largest absolute Gasteiger partial charge is 0.453 e. The van der Waals surface area contributed by atoms with Crippen molar-refractivity contribution in [2.75, 3.05) is 16.0 Å². The van der Waals surface area contributed by atoms with Crippen LogP contribution >= 0.6 is 47.8 Å². The van der Waals surface area contributed by atoms with Gasteiger partial charge in [-0.05, 0) is 104 Å². The molecule has 0 bridgehead atoms. The van der Waals surface area contributed by atoms with E-state index in [1.54, 1.807) is 12.3 Å². The molecule has 2 aliphatic rings. The van der Waals surface area contributed by atoms with E-state index in [9.17, 15) is 4.79 Å². The maximum atomic E-state index is 12.1. The molecule has 0 amide bonds. The average Bonchev–Trinajstić information content (AvgIpc) is 1.67. The number of rotatable bonds is 8. The van der Waals surface area contributed by atoms with Crippen LogP contribution in [-0.4, -0.2) is 44.5 Å². The molecule has 10 aromatic carbocycles. The molecule has 7 heterocycles. The van der Waals surface area contributed by atoms with Gasteiger partial charge in [0, 0.05) is 46.4 Å². The molecular formula is C78H56Br3N11O3. The number of hydrogen-bond acceptors (Lipinski definition) is 12. The van der Waals surface area contributed by atoms with Gasteiger partial charge in [-0.1, -0.05) is 246 Å². The van der Waals surface area contributed by atoms with E-state index in [0.717, 1.165) is 112 Å². The SMILES string of the molecule is Brc1ccn2c(-c3ccccc3)c(-c3ccccc3)nc2n1.Nc1nccc(Br)n1.O=C(c1ccccc1)C(Br)c1ccccc1.c1ccc(-c2nc3nc(N4c5ccccc5Oc5ccccc54)ccn3c2-c2ccccc2)cc1.c1ccc2c(c1)Nc1ccccc1O2. The molecule has 14 nitrogen and oxygen atoms in total. The van der Waals surface area contributed by atoms with Gasteiger partial charge in [0.05, 0.1) is 45.5 Å². The zero-order chi connectivity index (χ0) is 64.9. The molecule has 0 radical (unpaired) electrons. The molecule has 0 aliphatic carbocycles. The minimum Gasteiger partial charge on any atom is -0.453 e. The number of ketones is 1. The lowest BCUT2D eigenvalue weighted by molar-refractivity contribution is 0.0991. The van der Waals surface area contributed by atoms with Crippen molar-refractivity contribution in [1.82, 2.24) is 38.7 Å². The highest BCUT2D eigenvalue weighted by Gasteiger charge is 2.28. The predicted octanol–water partition coefficient (Wildman–Crippen LogP) is 20.8. The molecule has 2 aliphatic heterocycles. The third kappa shape index (κ3) is 14.5. The number of nitrogens with one attached hydrogen (secondary N) is 1. The summed E-state index contributed by atoms with van der Waals surface area (Å²) in [6.07, 6.45) is 5.64. The molecule has 1 atom stereocenters. The second kappa shape index (κ2) is 29.5. The Morgan fingerprint density at radius 2 is 0.811 bits per heavy atom. The first kappa shape index (κ1) is 62.4. The van der Waals surface area contributed by atoms with E-state index in [2.05, 4.69) is 132 Å². The summed E-state index contributed by atoms with van der Waals surface area (Å²) in [5.41, 5.74) is 19.1. The van der Waals surface area contributed by atoms with E-state index in [1.807, 2.05) is 253 Å². The Morgan fingerprint density at radius 1 is 0.411 bits per heavy atom.